The third kappa shape index (κ3) is 4.43. The average molecular weight is 323 g/mol. The van der Waals surface area contributed by atoms with E-state index >= 15 is 0 Å². The highest BCUT2D eigenvalue weighted by Crippen LogP contribution is 2.25. The molecule has 1 saturated heterocycles. The lowest BCUT2D eigenvalue weighted by atomic mass is 9.98. The standard InChI is InChI=1S/C15H25N5O3/c1-4-19(5-2)13(21)9-16-15(22)20-8-6-7-12(10-20)14-17-11(3)18-23-14/h12H,4-10H2,1-3H3,(H,16,22)/t12-/m0/s1. The van der Waals surface area contributed by atoms with E-state index in [1.54, 1.807) is 16.7 Å². The molecule has 0 saturated carbocycles. The second-order valence-corrected chi connectivity index (χ2v) is 5.69. The lowest BCUT2D eigenvalue weighted by Gasteiger charge is -2.31. The van der Waals surface area contributed by atoms with Crippen molar-refractivity contribution in [1.82, 2.24) is 25.3 Å². The van der Waals surface area contributed by atoms with Crippen molar-refractivity contribution in [2.45, 2.75) is 39.5 Å². The van der Waals surface area contributed by atoms with Gasteiger partial charge in [0.1, 0.15) is 0 Å². The molecule has 1 aromatic heterocycles. The van der Waals surface area contributed by atoms with Gasteiger partial charge < -0.3 is 19.6 Å². The van der Waals surface area contributed by atoms with Gasteiger partial charge in [0.2, 0.25) is 11.8 Å². The molecule has 0 radical (unpaired) electrons. The third-order valence-electron chi connectivity index (χ3n) is 4.11. The van der Waals surface area contributed by atoms with E-state index in [-0.39, 0.29) is 24.4 Å². The molecule has 1 fully saturated rings. The van der Waals surface area contributed by atoms with Crippen LogP contribution in [-0.4, -0.2) is 64.6 Å². The number of nitrogens with one attached hydrogen (secondary N) is 1. The summed E-state index contributed by atoms with van der Waals surface area (Å²) in [5, 5.41) is 6.51. The summed E-state index contributed by atoms with van der Waals surface area (Å²) in [4.78, 5) is 31.9. The number of likely N-dealkylation sites (N-methyl/N-ethyl adjacent to an activating group) is 1. The fourth-order valence-corrected chi connectivity index (χ4v) is 2.79. The van der Waals surface area contributed by atoms with Gasteiger partial charge in [0.25, 0.3) is 0 Å². The summed E-state index contributed by atoms with van der Waals surface area (Å²) in [5.74, 6) is 1.18. The van der Waals surface area contributed by atoms with Gasteiger partial charge in [-0.25, -0.2) is 4.79 Å². The quantitative estimate of drug-likeness (QED) is 0.877. The molecular formula is C15H25N5O3. The molecule has 0 aliphatic carbocycles. The number of likely N-dealkylation sites (tertiary alicyclic amines) is 1. The average Bonchev–Trinajstić information content (AvgIpc) is 3.00. The second-order valence-electron chi connectivity index (χ2n) is 5.69. The Morgan fingerprint density at radius 3 is 2.74 bits per heavy atom. The molecule has 0 spiro atoms. The Hall–Kier alpha value is -2.12. The van der Waals surface area contributed by atoms with Crippen molar-refractivity contribution >= 4 is 11.9 Å². The SMILES string of the molecule is CCN(CC)C(=O)CNC(=O)N1CCC[C@H](c2nc(C)no2)C1. The lowest BCUT2D eigenvalue weighted by Crippen LogP contribution is -2.48. The van der Waals surface area contributed by atoms with Crippen molar-refractivity contribution in [3.63, 3.8) is 0 Å². The molecule has 2 rings (SSSR count). The van der Waals surface area contributed by atoms with Gasteiger partial charge in [-0.2, -0.15) is 4.98 Å². The summed E-state index contributed by atoms with van der Waals surface area (Å²) in [6, 6.07) is -0.216. The zero-order valence-corrected chi connectivity index (χ0v) is 14.0. The summed E-state index contributed by atoms with van der Waals surface area (Å²) in [6.45, 7) is 8.15. The molecule has 128 valence electrons. The monoisotopic (exact) mass is 323 g/mol. The normalized spacial score (nSPS) is 17.9. The molecule has 8 nitrogen and oxygen atoms in total. The van der Waals surface area contributed by atoms with Gasteiger partial charge in [-0.15, -0.1) is 0 Å². The van der Waals surface area contributed by atoms with Crippen molar-refractivity contribution in [2.75, 3.05) is 32.7 Å². The van der Waals surface area contributed by atoms with Crippen LogP contribution >= 0.6 is 0 Å². The van der Waals surface area contributed by atoms with E-state index in [2.05, 4.69) is 15.5 Å². The van der Waals surface area contributed by atoms with Crippen molar-refractivity contribution in [3.8, 4) is 0 Å². The van der Waals surface area contributed by atoms with Gasteiger partial charge in [-0.1, -0.05) is 5.16 Å². The fourth-order valence-electron chi connectivity index (χ4n) is 2.79. The van der Waals surface area contributed by atoms with Gasteiger partial charge >= 0.3 is 6.03 Å². The highest BCUT2D eigenvalue weighted by Gasteiger charge is 2.28. The van der Waals surface area contributed by atoms with Crippen LogP contribution < -0.4 is 5.32 Å². The van der Waals surface area contributed by atoms with Gasteiger partial charge in [0, 0.05) is 26.2 Å². The van der Waals surface area contributed by atoms with E-state index in [4.69, 9.17) is 4.52 Å². The minimum Gasteiger partial charge on any atom is -0.342 e. The predicted octanol–water partition coefficient (Wildman–Crippen LogP) is 1.14. The minimum absolute atomic E-state index is 0.0291. The molecule has 1 aromatic rings. The molecule has 2 heterocycles. The van der Waals surface area contributed by atoms with Crippen LogP contribution in [0.25, 0.3) is 0 Å². The first-order valence-electron chi connectivity index (χ1n) is 8.15. The number of carbonyl (C=O) groups is 2. The van der Waals surface area contributed by atoms with E-state index in [1.807, 2.05) is 13.8 Å². The zero-order chi connectivity index (χ0) is 16.8. The number of urea groups is 1. The molecule has 3 amide bonds. The molecular weight excluding hydrogens is 298 g/mol. The van der Waals surface area contributed by atoms with Crippen LogP contribution in [0.5, 0.6) is 0 Å². The Morgan fingerprint density at radius 2 is 2.13 bits per heavy atom. The topological polar surface area (TPSA) is 91.6 Å². The van der Waals surface area contributed by atoms with Crippen LogP contribution in [0, 0.1) is 6.92 Å². The lowest BCUT2D eigenvalue weighted by molar-refractivity contribution is -0.129. The number of amides is 3. The Bertz CT molecular complexity index is 541. The highest BCUT2D eigenvalue weighted by atomic mass is 16.5. The van der Waals surface area contributed by atoms with Gasteiger partial charge in [0.15, 0.2) is 5.82 Å². The predicted molar refractivity (Wildman–Crippen MR) is 83.9 cm³/mol. The maximum atomic E-state index is 12.3. The van der Waals surface area contributed by atoms with E-state index in [0.717, 1.165) is 12.8 Å². The number of hydrogen-bond acceptors (Lipinski definition) is 5. The fraction of sp³-hybridized carbons (Fsp3) is 0.733. The summed E-state index contributed by atoms with van der Waals surface area (Å²) in [6.07, 6.45) is 1.80. The summed E-state index contributed by atoms with van der Waals surface area (Å²) < 4.78 is 5.21. The van der Waals surface area contributed by atoms with E-state index in [1.165, 1.54) is 0 Å². The molecule has 1 aliphatic rings. The maximum absolute atomic E-state index is 12.3. The van der Waals surface area contributed by atoms with Crippen LogP contribution in [0.2, 0.25) is 0 Å². The number of hydrogen-bond donors (Lipinski definition) is 1. The van der Waals surface area contributed by atoms with Gasteiger partial charge in [-0.3, -0.25) is 4.79 Å². The van der Waals surface area contributed by atoms with Gasteiger partial charge in [0.05, 0.1) is 12.5 Å². The van der Waals surface area contributed by atoms with Crippen LogP contribution in [0.3, 0.4) is 0 Å². The Labute approximate surface area is 136 Å². The second kappa shape index (κ2) is 7.94. The molecule has 1 aliphatic heterocycles. The van der Waals surface area contributed by atoms with Crippen molar-refractivity contribution in [1.29, 1.82) is 0 Å². The largest absolute Gasteiger partial charge is 0.342 e. The first-order valence-corrected chi connectivity index (χ1v) is 8.15. The molecule has 0 aromatic carbocycles. The third-order valence-corrected chi connectivity index (χ3v) is 4.11. The zero-order valence-electron chi connectivity index (χ0n) is 14.0. The Balaban J connectivity index is 1.86. The first-order chi connectivity index (χ1) is 11.0. The number of aromatic nitrogens is 2. The summed E-state index contributed by atoms with van der Waals surface area (Å²) in [5.41, 5.74) is 0. The number of rotatable bonds is 5. The van der Waals surface area contributed by atoms with Gasteiger partial charge in [-0.05, 0) is 33.6 Å². The van der Waals surface area contributed by atoms with E-state index in [0.29, 0.717) is 37.9 Å². The van der Waals surface area contributed by atoms with Crippen LogP contribution in [0.1, 0.15) is 44.3 Å². The van der Waals surface area contributed by atoms with Crippen molar-refractivity contribution < 1.29 is 14.1 Å². The van der Waals surface area contributed by atoms with Crippen molar-refractivity contribution in [2.24, 2.45) is 0 Å². The van der Waals surface area contributed by atoms with Crippen LogP contribution in [-0.2, 0) is 4.79 Å². The number of nitrogens with zero attached hydrogens (tertiary/aromatic N) is 4. The Kier molecular flexibility index (Phi) is 5.95. The van der Waals surface area contributed by atoms with E-state index < -0.39 is 0 Å². The maximum Gasteiger partial charge on any atom is 0.317 e. The highest BCUT2D eigenvalue weighted by molar-refractivity contribution is 5.84. The molecule has 1 N–H and O–H groups in total. The molecule has 23 heavy (non-hydrogen) atoms. The van der Waals surface area contributed by atoms with Crippen LogP contribution in [0.15, 0.2) is 4.52 Å². The number of aryl methyl sites for hydroxylation is 1. The van der Waals surface area contributed by atoms with E-state index in [9.17, 15) is 9.59 Å². The summed E-state index contributed by atoms with van der Waals surface area (Å²) in [7, 11) is 0. The number of piperidine rings is 1. The molecule has 0 bridgehead atoms. The van der Waals surface area contributed by atoms with Crippen molar-refractivity contribution in [3.05, 3.63) is 11.7 Å². The molecule has 0 unspecified atom stereocenters. The first kappa shape index (κ1) is 17.2. The molecule has 1 atom stereocenters. The molecule has 8 heteroatoms. The Morgan fingerprint density at radius 1 is 1.39 bits per heavy atom. The van der Waals surface area contributed by atoms with Crippen LogP contribution in [0.4, 0.5) is 4.79 Å². The minimum atomic E-state index is -0.216. The smallest absolute Gasteiger partial charge is 0.317 e. The summed E-state index contributed by atoms with van der Waals surface area (Å²) >= 11 is 0. The number of carbonyl (C=O) groups excluding carboxylic acids is 2.